The van der Waals surface area contributed by atoms with Crippen LogP contribution in [0.4, 0.5) is 14.5 Å². The number of carbonyl (C=O) groups is 2. The van der Waals surface area contributed by atoms with Gasteiger partial charge >= 0.3 is 0 Å². The first-order valence-electron chi connectivity index (χ1n) is 11.7. The van der Waals surface area contributed by atoms with Gasteiger partial charge < -0.3 is 10.2 Å². The van der Waals surface area contributed by atoms with Gasteiger partial charge in [-0.3, -0.25) is 13.9 Å². The average molecular weight is 586 g/mol. The monoisotopic (exact) mass is 585 g/mol. The molecule has 2 amide bonds. The van der Waals surface area contributed by atoms with Gasteiger partial charge in [-0.05, 0) is 49.6 Å². The number of nitrogens with one attached hydrogen (secondary N) is 1. The number of hydrogen-bond donors (Lipinski definition) is 1. The lowest BCUT2D eigenvalue weighted by Gasteiger charge is -2.33. The number of halogens is 3. The lowest BCUT2D eigenvalue weighted by molar-refractivity contribution is -0.139. The Balaban J connectivity index is 1.88. The van der Waals surface area contributed by atoms with Crippen molar-refractivity contribution in [3.63, 3.8) is 0 Å². The molecule has 2 aromatic carbocycles. The Kier molecular flexibility index (Phi) is 9.46. The van der Waals surface area contributed by atoms with Crippen LogP contribution >= 0.6 is 15.9 Å². The van der Waals surface area contributed by atoms with E-state index in [2.05, 4.69) is 21.2 Å². The fraction of sp³-hybridized carbons (Fsp3) is 0.440. The molecule has 36 heavy (non-hydrogen) atoms. The molecule has 7 nitrogen and oxygen atoms in total. The minimum Gasteiger partial charge on any atom is -0.352 e. The molecule has 196 valence electrons. The zero-order chi connectivity index (χ0) is 26.5. The van der Waals surface area contributed by atoms with Crippen molar-refractivity contribution < 1.29 is 26.8 Å². The average Bonchev–Trinajstić information content (AvgIpc) is 2.82. The molecule has 0 unspecified atom stereocenters. The van der Waals surface area contributed by atoms with E-state index in [1.165, 1.54) is 4.90 Å². The Morgan fingerprint density at radius 1 is 1.08 bits per heavy atom. The predicted octanol–water partition coefficient (Wildman–Crippen LogP) is 4.36. The molecule has 11 heteroatoms. The number of nitrogens with zero attached hydrogens (tertiary/aromatic N) is 2. The molecule has 0 saturated heterocycles. The number of amides is 2. The lowest BCUT2D eigenvalue weighted by atomic mass is 9.95. The SMILES string of the molecule is C[C@@H](C(=O)NC1CCCCC1)N(Cc1cccc(Br)c1)C(=O)CN(c1ccc(F)c(F)c1)S(C)(=O)=O. The van der Waals surface area contributed by atoms with Gasteiger partial charge in [-0.1, -0.05) is 47.3 Å². The normalized spacial score (nSPS) is 15.2. The van der Waals surface area contributed by atoms with E-state index in [1.54, 1.807) is 25.1 Å². The van der Waals surface area contributed by atoms with E-state index in [0.717, 1.165) is 66.6 Å². The second kappa shape index (κ2) is 12.1. The highest BCUT2D eigenvalue weighted by molar-refractivity contribution is 9.10. The molecule has 1 atom stereocenters. The van der Waals surface area contributed by atoms with E-state index in [1.807, 2.05) is 6.07 Å². The molecule has 1 aliphatic rings. The number of benzene rings is 2. The first-order chi connectivity index (χ1) is 17.0. The topological polar surface area (TPSA) is 86.8 Å². The van der Waals surface area contributed by atoms with Crippen LogP contribution in [0, 0.1) is 11.6 Å². The maximum absolute atomic E-state index is 13.9. The number of anilines is 1. The fourth-order valence-corrected chi connectivity index (χ4v) is 5.53. The van der Waals surface area contributed by atoms with Crippen molar-refractivity contribution >= 4 is 43.5 Å². The summed E-state index contributed by atoms with van der Waals surface area (Å²) in [5, 5.41) is 3.01. The molecule has 1 aliphatic carbocycles. The Morgan fingerprint density at radius 3 is 2.39 bits per heavy atom. The van der Waals surface area contributed by atoms with E-state index in [4.69, 9.17) is 0 Å². The van der Waals surface area contributed by atoms with Gasteiger partial charge in [0.15, 0.2) is 11.6 Å². The summed E-state index contributed by atoms with van der Waals surface area (Å²) in [5.74, 6) is -3.36. The summed E-state index contributed by atoms with van der Waals surface area (Å²) in [7, 11) is -4.04. The Hall–Kier alpha value is -2.53. The van der Waals surface area contributed by atoms with Crippen molar-refractivity contribution in [1.29, 1.82) is 0 Å². The van der Waals surface area contributed by atoms with Gasteiger partial charge in [-0.15, -0.1) is 0 Å². The molecule has 1 saturated carbocycles. The van der Waals surface area contributed by atoms with Gasteiger partial charge in [0.1, 0.15) is 12.6 Å². The van der Waals surface area contributed by atoms with Crippen molar-refractivity contribution in [3.05, 3.63) is 64.1 Å². The zero-order valence-corrected chi connectivity index (χ0v) is 22.6. The summed E-state index contributed by atoms with van der Waals surface area (Å²) in [4.78, 5) is 27.9. The van der Waals surface area contributed by atoms with Crippen LogP contribution in [-0.2, 0) is 26.2 Å². The third kappa shape index (κ3) is 7.49. The fourth-order valence-electron chi connectivity index (χ4n) is 4.24. The summed E-state index contributed by atoms with van der Waals surface area (Å²) < 4.78 is 53.8. The van der Waals surface area contributed by atoms with E-state index in [9.17, 15) is 26.8 Å². The molecular weight excluding hydrogens is 556 g/mol. The third-order valence-electron chi connectivity index (χ3n) is 6.23. The maximum atomic E-state index is 13.9. The van der Waals surface area contributed by atoms with Gasteiger partial charge in [0, 0.05) is 23.1 Å². The number of hydrogen-bond acceptors (Lipinski definition) is 4. The van der Waals surface area contributed by atoms with Crippen molar-refractivity contribution in [2.75, 3.05) is 17.1 Å². The minimum atomic E-state index is -4.04. The molecule has 1 N–H and O–H groups in total. The molecular formula is C25H30BrF2N3O4S. The van der Waals surface area contributed by atoms with Crippen molar-refractivity contribution in [1.82, 2.24) is 10.2 Å². The lowest BCUT2D eigenvalue weighted by Crippen LogP contribution is -2.53. The van der Waals surface area contributed by atoms with Gasteiger partial charge in [0.2, 0.25) is 21.8 Å². The molecule has 0 aliphatic heterocycles. The smallest absolute Gasteiger partial charge is 0.244 e. The zero-order valence-electron chi connectivity index (χ0n) is 20.2. The summed E-state index contributed by atoms with van der Waals surface area (Å²) in [6, 6.07) is 8.95. The number of carbonyl (C=O) groups excluding carboxylic acids is 2. The van der Waals surface area contributed by atoms with Crippen LogP contribution in [0.2, 0.25) is 0 Å². The largest absolute Gasteiger partial charge is 0.352 e. The van der Waals surface area contributed by atoms with Crippen molar-refractivity contribution in [3.8, 4) is 0 Å². The van der Waals surface area contributed by atoms with E-state index in [-0.39, 0.29) is 24.2 Å². The standard InChI is InChI=1S/C25H30BrF2N3O4S/c1-17(25(33)29-20-9-4-3-5-10-20)30(15-18-7-6-8-19(26)13-18)24(32)16-31(36(2,34)35)21-11-12-22(27)23(28)14-21/h6-8,11-14,17,20H,3-5,9-10,15-16H2,1-2H3,(H,29,33)/t17-/m0/s1. The molecule has 2 aromatic rings. The Bertz CT molecular complexity index is 1210. The van der Waals surface area contributed by atoms with Crippen LogP contribution in [0.5, 0.6) is 0 Å². The second-order valence-electron chi connectivity index (χ2n) is 9.04. The Labute approximate surface area is 219 Å². The highest BCUT2D eigenvalue weighted by Crippen LogP contribution is 2.23. The van der Waals surface area contributed by atoms with E-state index >= 15 is 0 Å². The first kappa shape index (κ1) is 28.0. The van der Waals surface area contributed by atoms with Crippen LogP contribution in [0.25, 0.3) is 0 Å². The molecule has 0 aromatic heterocycles. The van der Waals surface area contributed by atoms with Crippen molar-refractivity contribution in [2.45, 2.75) is 57.7 Å². The third-order valence-corrected chi connectivity index (χ3v) is 7.86. The van der Waals surface area contributed by atoms with Crippen LogP contribution in [0.1, 0.15) is 44.6 Å². The summed E-state index contributed by atoms with van der Waals surface area (Å²) >= 11 is 3.39. The van der Waals surface area contributed by atoms with Crippen molar-refractivity contribution in [2.24, 2.45) is 0 Å². The van der Waals surface area contributed by atoms with Crippen LogP contribution in [0.15, 0.2) is 46.9 Å². The molecule has 0 bridgehead atoms. The molecule has 0 heterocycles. The van der Waals surface area contributed by atoms with E-state index in [0.29, 0.717) is 4.31 Å². The van der Waals surface area contributed by atoms with Gasteiger partial charge in [-0.2, -0.15) is 0 Å². The van der Waals surface area contributed by atoms with Gasteiger partial charge in [-0.25, -0.2) is 17.2 Å². The quantitative estimate of drug-likeness (QED) is 0.473. The summed E-state index contributed by atoms with van der Waals surface area (Å²) in [6.07, 6.45) is 5.79. The summed E-state index contributed by atoms with van der Waals surface area (Å²) in [6.45, 7) is 0.961. The molecule has 3 rings (SSSR count). The summed E-state index contributed by atoms with van der Waals surface area (Å²) in [5.41, 5.74) is 0.542. The van der Waals surface area contributed by atoms with Gasteiger partial charge in [0.05, 0.1) is 11.9 Å². The molecule has 1 fully saturated rings. The minimum absolute atomic E-state index is 0.0335. The number of rotatable bonds is 9. The van der Waals surface area contributed by atoms with E-state index < -0.39 is 40.2 Å². The Morgan fingerprint density at radius 2 is 1.78 bits per heavy atom. The second-order valence-corrected chi connectivity index (χ2v) is 11.9. The van der Waals surface area contributed by atoms with Gasteiger partial charge in [0.25, 0.3) is 0 Å². The van der Waals surface area contributed by atoms with Crippen LogP contribution in [0.3, 0.4) is 0 Å². The predicted molar refractivity (Wildman–Crippen MR) is 138 cm³/mol. The molecule has 0 spiro atoms. The highest BCUT2D eigenvalue weighted by Gasteiger charge is 2.31. The first-order valence-corrected chi connectivity index (χ1v) is 14.4. The molecule has 0 radical (unpaired) electrons. The highest BCUT2D eigenvalue weighted by atomic mass is 79.9. The van der Waals surface area contributed by atoms with Crippen LogP contribution in [-0.4, -0.2) is 50.0 Å². The maximum Gasteiger partial charge on any atom is 0.244 e. The van der Waals surface area contributed by atoms with Crippen LogP contribution < -0.4 is 9.62 Å². The number of sulfonamides is 1.